The molecule has 2 rings (SSSR count). The van der Waals surface area contributed by atoms with Crippen molar-refractivity contribution < 1.29 is 9.59 Å². The summed E-state index contributed by atoms with van der Waals surface area (Å²) in [5, 5.41) is 3.54. The van der Waals surface area contributed by atoms with Gasteiger partial charge in [-0.1, -0.05) is 61.0 Å². The van der Waals surface area contributed by atoms with Crippen molar-refractivity contribution in [2.45, 2.75) is 38.6 Å². The first-order chi connectivity index (χ1) is 13.5. The van der Waals surface area contributed by atoms with Crippen molar-refractivity contribution in [2.75, 3.05) is 12.3 Å². The van der Waals surface area contributed by atoms with Gasteiger partial charge in [0.1, 0.15) is 6.04 Å². The van der Waals surface area contributed by atoms with Gasteiger partial charge in [0.05, 0.1) is 5.75 Å². The molecule has 28 heavy (non-hydrogen) atoms. The minimum Gasteiger partial charge on any atom is -0.355 e. The van der Waals surface area contributed by atoms with Crippen LogP contribution in [0.3, 0.4) is 0 Å². The Morgan fingerprint density at radius 1 is 1.07 bits per heavy atom. The van der Waals surface area contributed by atoms with Gasteiger partial charge in [0.15, 0.2) is 0 Å². The van der Waals surface area contributed by atoms with Crippen LogP contribution in [-0.2, 0) is 21.9 Å². The Labute approximate surface area is 176 Å². The highest BCUT2D eigenvalue weighted by molar-refractivity contribution is 7.99. The smallest absolute Gasteiger partial charge is 0.242 e. The highest BCUT2D eigenvalue weighted by Crippen LogP contribution is 2.19. The summed E-state index contributed by atoms with van der Waals surface area (Å²) in [6, 6.07) is 17.0. The highest BCUT2D eigenvalue weighted by Gasteiger charge is 2.28. The second kappa shape index (κ2) is 11.8. The minimum absolute atomic E-state index is 0.0333. The van der Waals surface area contributed by atoms with Crippen molar-refractivity contribution in [2.24, 2.45) is 0 Å². The van der Waals surface area contributed by atoms with E-state index in [2.05, 4.69) is 5.32 Å². The van der Waals surface area contributed by atoms with Crippen LogP contribution in [0.2, 0.25) is 5.02 Å². The van der Waals surface area contributed by atoms with E-state index in [1.54, 1.807) is 4.90 Å². The van der Waals surface area contributed by atoms with Crippen molar-refractivity contribution >= 4 is 35.2 Å². The molecule has 0 heterocycles. The number of likely N-dealkylation sites (N-methyl/N-ethyl adjacent to an activating group) is 1. The number of amides is 2. The highest BCUT2D eigenvalue weighted by atomic mass is 35.5. The SMILES string of the molecule is CCNC(=O)[C@H](CC)N(Cc1ccccc1)C(=O)CSCc1cccc(Cl)c1. The van der Waals surface area contributed by atoms with Crippen molar-refractivity contribution in [3.05, 3.63) is 70.7 Å². The fraction of sp³-hybridized carbons (Fsp3) is 0.364. The van der Waals surface area contributed by atoms with Gasteiger partial charge in [0, 0.05) is 23.9 Å². The van der Waals surface area contributed by atoms with Crippen LogP contribution in [-0.4, -0.2) is 35.1 Å². The molecule has 0 aliphatic carbocycles. The number of carbonyl (C=O) groups is 2. The standard InChI is InChI=1S/C22H27ClN2O2S/c1-3-20(22(27)24-4-2)25(14-17-9-6-5-7-10-17)21(26)16-28-15-18-11-8-12-19(23)13-18/h5-13,20H,3-4,14-16H2,1-2H3,(H,24,27)/t20-/m0/s1. The topological polar surface area (TPSA) is 49.4 Å². The molecule has 2 aromatic carbocycles. The molecule has 0 bridgehead atoms. The van der Waals surface area contributed by atoms with Gasteiger partial charge >= 0.3 is 0 Å². The van der Waals surface area contributed by atoms with Gasteiger partial charge in [0.25, 0.3) is 0 Å². The number of nitrogens with one attached hydrogen (secondary N) is 1. The van der Waals surface area contributed by atoms with Crippen LogP contribution in [0.5, 0.6) is 0 Å². The average molecular weight is 419 g/mol. The first-order valence-corrected chi connectivity index (χ1v) is 11.0. The lowest BCUT2D eigenvalue weighted by Gasteiger charge is -2.30. The third-order valence-electron chi connectivity index (χ3n) is 4.32. The monoisotopic (exact) mass is 418 g/mol. The van der Waals surface area contributed by atoms with E-state index in [0.29, 0.717) is 36.0 Å². The first-order valence-electron chi connectivity index (χ1n) is 9.48. The van der Waals surface area contributed by atoms with Gasteiger partial charge in [-0.2, -0.15) is 0 Å². The molecule has 1 atom stereocenters. The predicted molar refractivity (Wildman–Crippen MR) is 117 cm³/mol. The van der Waals surface area contributed by atoms with Crippen molar-refractivity contribution in [1.82, 2.24) is 10.2 Å². The lowest BCUT2D eigenvalue weighted by molar-refractivity contribution is -0.139. The number of benzene rings is 2. The summed E-state index contributed by atoms with van der Waals surface area (Å²) in [6.07, 6.45) is 0.573. The Kier molecular flexibility index (Phi) is 9.38. The van der Waals surface area contributed by atoms with Crippen molar-refractivity contribution in [1.29, 1.82) is 0 Å². The van der Waals surface area contributed by atoms with E-state index < -0.39 is 6.04 Å². The quantitative estimate of drug-likeness (QED) is 0.617. The molecule has 6 heteroatoms. The minimum atomic E-state index is -0.473. The van der Waals surface area contributed by atoms with Gasteiger partial charge in [-0.15, -0.1) is 11.8 Å². The molecule has 0 aromatic heterocycles. The van der Waals surface area contributed by atoms with Gasteiger partial charge in [-0.3, -0.25) is 9.59 Å². The fourth-order valence-corrected chi connectivity index (χ4v) is 4.03. The average Bonchev–Trinajstić information content (AvgIpc) is 2.69. The molecule has 0 saturated heterocycles. The third-order valence-corrected chi connectivity index (χ3v) is 5.54. The zero-order chi connectivity index (χ0) is 20.4. The van der Waals surface area contributed by atoms with E-state index in [-0.39, 0.29) is 11.8 Å². The Morgan fingerprint density at radius 2 is 1.79 bits per heavy atom. The molecule has 0 aliphatic rings. The molecular weight excluding hydrogens is 392 g/mol. The van der Waals surface area contributed by atoms with Crippen LogP contribution in [0.1, 0.15) is 31.4 Å². The maximum Gasteiger partial charge on any atom is 0.242 e. The maximum atomic E-state index is 13.0. The zero-order valence-electron chi connectivity index (χ0n) is 16.4. The summed E-state index contributed by atoms with van der Waals surface area (Å²) < 4.78 is 0. The summed E-state index contributed by atoms with van der Waals surface area (Å²) in [5.41, 5.74) is 2.09. The van der Waals surface area contributed by atoms with E-state index >= 15 is 0 Å². The van der Waals surface area contributed by atoms with Crippen LogP contribution in [0, 0.1) is 0 Å². The van der Waals surface area contributed by atoms with Crippen LogP contribution in [0.4, 0.5) is 0 Å². The molecular formula is C22H27ClN2O2S. The number of rotatable bonds is 10. The van der Waals surface area contributed by atoms with Crippen LogP contribution in [0.15, 0.2) is 54.6 Å². The number of hydrogen-bond acceptors (Lipinski definition) is 3. The molecule has 0 spiro atoms. The van der Waals surface area contributed by atoms with Crippen LogP contribution < -0.4 is 5.32 Å². The largest absolute Gasteiger partial charge is 0.355 e. The normalized spacial score (nSPS) is 11.7. The van der Waals surface area contributed by atoms with E-state index in [1.165, 1.54) is 11.8 Å². The summed E-state index contributed by atoms with van der Waals surface area (Å²) >= 11 is 7.56. The van der Waals surface area contributed by atoms with Crippen LogP contribution in [0.25, 0.3) is 0 Å². The summed E-state index contributed by atoms with van der Waals surface area (Å²) in [6.45, 7) is 4.79. The zero-order valence-corrected chi connectivity index (χ0v) is 17.9. The van der Waals surface area contributed by atoms with Crippen molar-refractivity contribution in [3.63, 3.8) is 0 Å². The Balaban J connectivity index is 2.07. The van der Waals surface area contributed by atoms with Gasteiger partial charge in [0.2, 0.25) is 11.8 Å². The number of halogens is 1. The molecule has 0 aliphatic heterocycles. The van der Waals surface area contributed by atoms with E-state index in [1.807, 2.05) is 68.4 Å². The molecule has 150 valence electrons. The molecule has 4 nitrogen and oxygen atoms in total. The number of nitrogens with zero attached hydrogens (tertiary/aromatic N) is 1. The summed E-state index contributed by atoms with van der Waals surface area (Å²) in [7, 11) is 0. The molecule has 0 fully saturated rings. The number of carbonyl (C=O) groups excluding carboxylic acids is 2. The van der Waals surface area contributed by atoms with E-state index in [4.69, 9.17) is 11.6 Å². The second-order valence-corrected chi connectivity index (χ2v) is 7.87. The molecule has 0 radical (unpaired) electrons. The van der Waals surface area contributed by atoms with E-state index in [0.717, 1.165) is 11.1 Å². The van der Waals surface area contributed by atoms with Gasteiger partial charge in [-0.25, -0.2) is 0 Å². The predicted octanol–water partition coefficient (Wildman–Crippen LogP) is 4.52. The summed E-state index contributed by atoms with van der Waals surface area (Å²) in [4.78, 5) is 27.2. The molecule has 2 amide bonds. The van der Waals surface area contributed by atoms with Crippen LogP contribution >= 0.6 is 23.4 Å². The lowest BCUT2D eigenvalue weighted by atomic mass is 10.1. The summed E-state index contributed by atoms with van der Waals surface area (Å²) in [5.74, 6) is 0.877. The first kappa shape index (κ1) is 22.3. The molecule has 2 aromatic rings. The lowest BCUT2D eigenvalue weighted by Crippen LogP contribution is -2.49. The van der Waals surface area contributed by atoms with Gasteiger partial charge < -0.3 is 10.2 Å². The van der Waals surface area contributed by atoms with Crippen molar-refractivity contribution in [3.8, 4) is 0 Å². The number of thioether (sulfide) groups is 1. The number of hydrogen-bond donors (Lipinski definition) is 1. The molecule has 0 saturated carbocycles. The van der Waals surface area contributed by atoms with E-state index in [9.17, 15) is 9.59 Å². The van der Waals surface area contributed by atoms with Gasteiger partial charge in [-0.05, 0) is 36.6 Å². The second-order valence-electron chi connectivity index (χ2n) is 6.45. The molecule has 0 unspecified atom stereocenters. The Bertz CT molecular complexity index is 770. The Hall–Kier alpha value is -1.98. The Morgan fingerprint density at radius 3 is 2.43 bits per heavy atom. The molecule has 1 N–H and O–H groups in total. The third kappa shape index (κ3) is 6.88. The fourth-order valence-electron chi connectivity index (χ4n) is 2.96. The maximum absolute atomic E-state index is 13.0.